The molecule has 9 heteroatoms. The molecule has 1 aromatic carbocycles. The predicted molar refractivity (Wildman–Crippen MR) is 169 cm³/mol. The summed E-state index contributed by atoms with van der Waals surface area (Å²) in [5, 5.41) is 3.64. The Balaban J connectivity index is 0.00000101. The van der Waals surface area contributed by atoms with E-state index in [0.29, 0.717) is 18.6 Å². The summed E-state index contributed by atoms with van der Waals surface area (Å²) in [7, 11) is 4.09. The molecule has 1 atom stereocenters. The van der Waals surface area contributed by atoms with Crippen LogP contribution in [0.2, 0.25) is 0 Å². The normalized spacial score (nSPS) is 17.5. The first-order valence-electron chi connectivity index (χ1n) is 14.6. The molecule has 2 aliphatic rings. The fourth-order valence-electron chi connectivity index (χ4n) is 4.27. The van der Waals surface area contributed by atoms with E-state index < -0.39 is 12.6 Å². The highest BCUT2D eigenvalue weighted by Gasteiger charge is 2.25. The molecule has 42 heavy (non-hydrogen) atoms. The number of hydrogen-bond donors (Lipinski definition) is 1. The number of nitrogens with zero attached hydrogens (tertiary/aromatic N) is 3. The van der Waals surface area contributed by atoms with Crippen molar-refractivity contribution in [1.29, 1.82) is 0 Å². The number of halogens is 3. The third-order valence-corrected chi connectivity index (χ3v) is 6.38. The predicted octanol–water partition coefficient (Wildman–Crippen LogP) is 7.64. The summed E-state index contributed by atoms with van der Waals surface area (Å²) >= 11 is 0. The molecule has 0 aromatic heterocycles. The van der Waals surface area contributed by atoms with E-state index in [0.717, 1.165) is 30.1 Å². The van der Waals surface area contributed by atoms with Crippen molar-refractivity contribution in [2.24, 2.45) is 15.9 Å². The SMILES string of the molecule is C=O.CC.CN=C(/C=C(\NC1=CCC=CC=N1)C1CCCCN(C)C1)c1ccc(C)cc1.O=CCCCCC(F)(F)F. The Hall–Kier alpha value is -3.33. The first-order chi connectivity index (χ1) is 20.2. The van der Waals surface area contributed by atoms with Gasteiger partial charge in [0.05, 0.1) is 5.71 Å². The summed E-state index contributed by atoms with van der Waals surface area (Å²) in [6.45, 7) is 10.3. The molecule has 6 nitrogen and oxygen atoms in total. The number of likely N-dealkylation sites (tertiary alicyclic amines) is 1. The van der Waals surface area contributed by atoms with Gasteiger partial charge in [-0.1, -0.05) is 56.2 Å². The lowest BCUT2D eigenvalue weighted by Gasteiger charge is -2.24. The van der Waals surface area contributed by atoms with Gasteiger partial charge in [-0.25, -0.2) is 4.99 Å². The zero-order valence-electron chi connectivity index (χ0n) is 25.9. The standard InChI is InChI=1S/C24H32N4.C6H9F3O.C2H6.CH2O/c1-19-11-13-20(14-12-19)22(25-2)17-23(21-9-6-8-16-28(3)18-21)27-24-10-5-4-7-15-26-24;7-6(8,9)4-2-1-3-5-10;2*1-2/h4,7,10-15,17,21,27H,5-6,8-9,16,18H2,1-3H3;5H,1-4H2;1-2H3;1H2/b23-17-,25-22?;;;. The Labute approximate surface area is 250 Å². The van der Waals surface area contributed by atoms with E-state index in [1.165, 1.54) is 37.1 Å². The van der Waals surface area contributed by atoms with Crippen LogP contribution in [0.5, 0.6) is 0 Å². The van der Waals surface area contributed by atoms with Crippen LogP contribution in [0.25, 0.3) is 0 Å². The first kappa shape index (κ1) is 38.7. The number of nitrogens with one attached hydrogen (secondary N) is 1. The molecular weight excluding hydrogens is 541 g/mol. The molecule has 1 fully saturated rings. The van der Waals surface area contributed by atoms with Gasteiger partial charge in [0.2, 0.25) is 0 Å². The van der Waals surface area contributed by atoms with Gasteiger partial charge in [0.25, 0.3) is 0 Å². The Morgan fingerprint density at radius 1 is 1.17 bits per heavy atom. The Bertz CT molecular complexity index is 1030. The van der Waals surface area contributed by atoms with Crippen LogP contribution in [0.4, 0.5) is 13.2 Å². The molecule has 1 saturated heterocycles. The van der Waals surface area contributed by atoms with Gasteiger partial charge in [-0.15, -0.1) is 0 Å². The van der Waals surface area contributed by atoms with E-state index >= 15 is 0 Å². The zero-order valence-corrected chi connectivity index (χ0v) is 25.9. The van der Waals surface area contributed by atoms with Crippen molar-refractivity contribution in [3.05, 3.63) is 71.2 Å². The highest BCUT2D eigenvalue weighted by Crippen LogP contribution is 2.24. The fourth-order valence-corrected chi connectivity index (χ4v) is 4.27. The van der Waals surface area contributed by atoms with Crippen LogP contribution in [0, 0.1) is 12.8 Å². The molecule has 1 unspecified atom stereocenters. The van der Waals surface area contributed by atoms with Crippen molar-refractivity contribution in [1.82, 2.24) is 10.2 Å². The lowest BCUT2D eigenvalue weighted by Crippen LogP contribution is -2.30. The van der Waals surface area contributed by atoms with Crippen molar-refractivity contribution < 1.29 is 22.8 Å². The molecule has 0 amide bonds. The van der Waals surface area contributed by atoms with Crippen LogP contribution in [-0.2, 0) is 9.59 Å². The average molecular weight is 591 g/mol. The summed E-state index contributed by atoms with van der Waals surface area (Å²) in [6, 6.07) is 8.59. The molecule has 0 spiro atoms. The van der Waals surface area contributed by atoms with Crippen LogP contribution in [0.1, 0.15) is 76.3 Å². The Morgan fingerprint density at radius 3 is 2.48 bits per heavy atom. The molecule has 234 valence electrons. The van der Waals surface area contributed by atoms with Crippen LogP contribution < -0.4 is 5.32 Å². The third-order valence-electron chi connectivity index (χ3n) is 6.38. The van der Waals surface area contributed by atoms with Crippen LogP contribution in [-0.4, -0.2) is 63.3 Å². The molecule has 2 aliphatic heterocycles. The number of rotatable bonds is 9. The number of carbonyl (C=O) groups excluding carboxylic acids is 2. The summed E-state index contributed by atoms with van der Waals surface area (Å²) in [4.78, 5) is 29.2. The van der Waals surface area contributed by atoms with Crippen molar-refractivity contribution in [3.63, 3.8) is 0 Å². The van der Waals surface area contributed by atoms with Gasteiger partial charge in [0.1, 0.15) is 18.9 Å². The minimum atomic E-state index is -4.07. The van der Waals surface area contributed by atoms with E-state index in [9.17, 15) is 18.0 Å². The smallest absolute Gasteiger partial charge is 0.344 e. The van der Waals surface area contributed by atoms with E-state index in [1.807, 2.05) is 40.0 Å². The molecule has 3 rings (SSSR count). The molecule has 0 radical (unpaired) electrons. The summed E-state index contributed by atoms with van der Waals surface area (Å²) in [5.41, 5.74) is 4.62. The maximum atomic E-state index is 11.4. The monoisotopic (exact) mass is 590 g/mol. The van der Waals surface area contributed by atoms with E-state index in [2.05, 4.69) is 76.7 Å². The summed E-state index contributed by atoms with van der Waals surface area (Å²) in [6.07, 6.45) is 11.4. The second kappa shape index (κ2) is 23.3. The minimum Gasteiger partial charge on any atom is -0.344 e. The van der Waals surface area contributed by atoms with Gasteiger partial charge in [-0.05, 0) is 76.4 Å². The van der Waals surface area contributed by atoms with Gasteiger partial charge < -0.3 is 19.8 Å². The van der Waals surface area contributed by atoms with Gasteiger partial charge >= 0.3 is 6.18 Å². The molecule has 1 aromatic rings. The number of aryl methyl sites for hydroxylation is 1. The number of carbonyl (C=O) groups is 2. The topological polar surface area (TPSA) is 74.1 Å². The largest absolute Gasteiger partial charge is 0.389 e. The Morgan fingerprint density at radius 2 is 1.86 bits per heavy atom. The zero-order chi connectivity index (χ0) is 31.8. The van der Waals surface area contributed by atoms with Crippen LogP contribution in [0.3, 0.4) is 0 Å². The van der Waals surface area contributed by atoms with Crippen molar-refractivity contribution in [2.45, 2.75) is 78.3 Å². The molecule has 0 aliphatic carbocycles. The lowest BCUT2D eigenvalue weighted by atomic mass is 9.96. The summed E-state index contributed by atoms with van der Waals surface area (Å²) < 4.78 is 34.2. The molecule has 0 saturated carbocycles. The maximum absolute atomic E-state index is 11.4. The van der Waals surface area contributed by atoms with Crippen molar-refractivity contribution >= 4 is 25.0 Å². The lowest BCUT2D eigenvalue weighted by molar-refractivity contribution is -0.136. The van der Waals surface area contributed by atoms with Crippen LogP contribution in [0.15, 0.2) is 70.1 Å². The molecular formula is C33H49F3N4O2. The summed E-state index contributed by atoms with van der Waals surface area (Å²) in [5.74, 6) is 1.37. The molecule has 2 heterocycles. The second-order valence-corrected chi connectivity index (χ2v) is 9.71. The average Bonchev–Trinajstić information content (AvgIpc) is 3.38. The number of aldehydes is 1. The highest BCUT2D eigenvalue weighted by atomic mass is 19.4. The number of alkyl halides is 3. The van der Waals surface area contributed by atoms with Gasteiger partial charge in [0.15, 0.2) is 0 Å². The highest BCUT2D eigenvalue weighted by molar-refractivity contribution is 6.09. The molecule has 0 bridgehead atoms. The molecule has 1 N–H and O–H groups in total. The van der Waals surface area contributed by atoms with E-state index in [-0.39, 0.29) is 12.8 Å². The fraction of sp³-hybridized carbons (Fsp3) is 0.515. The van der Waals surface area contributed by atoms with Crippen molar-refractivity contribution in [3.8, 4) is 0 Å². The number of aliphatic imine (C=N–C) groups is 2. The number of hydrogen-bond acceptors (Lipinski definition) is 6. The number of benzene rings is 1. The minimum absolute atomic E-state index is 0.0578. The number of unbranched alkanes of at least 4 members (excludes halogenated alkanes) is 2. The van der Waals surface area contributed by atoms with Gasteiger partial charge in [-0.3, -0.25) is 4.99 Å². The first-order valence-corrected chi connectivity index (χ1v) is 14.6. The maximum Gasteiger partial charge on any atom is 0.389 e. The van der Waals surface area contributed by atoms with E-state index in [4.69, 9.17) is 4.79 Å². The van der Waals surface area contributed by atoms with Gasteiger partial charge in [0, 0.05) is 44.3 Å². The van der Waals surface area contributed by atoms with Crippen LogP contribution >= 0.6 is 0 Å². The quantitative estimate of drug-likeness (QED) is 0.182. The second-order valence-electron chi connectivity index (χ2n) is 9.71. The number of allylic oxidation sites excluding steroid dienone is 4. The van der Waals surface area contributed by atoms with E-state index in [1.54, 1.807) is 0 Å². The third kappa shape index (κ3) is 17.5. The van der Waals surface area contributed by atoms with Crippen molar-refractivity contribution in [2.75, 3.05) is 27.2 Å². The van der Waals surface area contributed by atoms with Gasteiger partial charge in [-0.2, -0.15) is 13.2 Å². The Kier molecular flexibility index (Phi) is 21.4.